The van der Waals surface area contributed by atoms with E-state index in [9.17, 15) is 5.11 Å². The van der Waals surface area contributed by atoms with Crippen LogP contribution in [0.3, 0.4) is 0 Å². The highest BCUT2D eigenvalue weighted by Crippen LogP contribution is 2.37. The average molecular weight is 289 g/mol. The molecule has 1 aromatic rings. The molecule has 2 saturated carbocycles. The standard InChI is InChI=1S/C18H27NO2/c1-21-18-7-5-14(6-8-18)15-10-16(11-15)19-12-13-3-2-4-17(20)9-13/h5-8,13,15-17,19-20H,2-4,9-12H2,1H3. The molecule has 3 heteroatoms. The fraction of sp³-hybridized carbons (Fsp3) is 0.667. The molecule has 0 bridgehead atoms. The van der Waals surface area contributed by atoms with E-state index in [1.165, 1.54) is 31.2 Å². The summed E-state index contributed by atoms with van der Waals surface area (Å²) >= 11 is 0. The third-order valence-electron chi connectivity index (χ3n) is 5.18. The summed E-state index contributed by atoms with van der Waals surface area (Å²) in [5.74, 6) is 2.31. The molecule has 2 aliphatic carbocycles. The monoisotopic (exact) mass is 289 g/mol. The van der Waals surface area contributed by atoms with E-state index >= 15 is 0 Å². The SMILES string of the molecule is COc1ccc(C2CC(NCC3CCCC(O)C3)C2)cc1. The van der Waals surface area contributed by atoms with E-state index in [0.717, 1.165) is 25.1 Å². The smallest absolute Gasteiger partial charge is 0.118 e. The number of methoxy groups -OCH3 is 1. The minimum Gasteiger partial charge on any atom is -0.497 e. The number of ether oxygens (including phenoxy) is 1. The first-order valence-electron chi connectivity index (χ1n) is 8.30. The summed E-state index contributed by atoms with van der Waals surface area (Å²) in [6, 6.07) is 9.16. The van der Waals surface area contributed by atoms with Gasteiger partial charge < -0.3 is 15.2 Å². The number of hydrogen-bond acceptors (Lipinski definition) is 3. The van der Waals surface area contributed by atoms with Crippen LogP contribution in [0.1, 0.15) is 50.0 Å². The van der Waals surface area contributed by atoms with Crippen molar-refractivity contribution in [3.8, 4) is 5.75 Å². The van der Waals surface area contributed by atoms with Crippen molar-refractivity contribution in [1.29, 1.82) is 0 Å². The second-order valence-electron chi connectivity index (χ2n) is 6.73. The lowest BCUT2D eigenvalue weighted by Crippen LogP contribution is -2.43. The van der Waals surface area contributed by atoms with Crippen molar-refractivity contribution in [2.45, 2.75) is 56.6 Å². The highest BCUT2D eigenvalue weighted by atomic mass is 16.5. The Hall–Kier alpha value is -1.06. The Morgan fingerprint density at radius 1 is 1.14 bits per heavy atom. The maximum atomic E-state index is 9.71. The van der Waals surface area contributed by atoms with Gasteiger partial charge >= 0.3 is 0 Å². The van der Waals surface area contributed by atoms with Crippen molar-refractivity contribution in [2.75, 3.05) is 13.7 Å². The zero-order valence-corrected chi connectivity index (χ0v) is 12.9. The van der Waals surface area contributed by atoms with Gasteiger partial charge in [0.25, 0.3) is 0 Å². The summed E-state index contributed by atoms with van der Waals surface area (Å²) in [5, 5.41) is 13.4. The molecule has 0 radical (unpaired) electrons. The van der Waals surface area contributed by atoms with Gasteiger partial charge in [0.1, 0.15) is 5.75 Å². The molecule has 0 saturated heterocycles. The Kier molecular flexibility index (Phi) is 4.81. The van der Waals surface area contributed by atoms with Crippen molar-refractivity contribution in [3.05, 3.63) is 29.8 Å². The number of hydrogen-bond donors (Lipinski definition) is 2. The predicted molar refractivity (Wildman–Crippen MR) is 84.7 cm³/mol. The lowest BCUT2D eigenvalue weighted by molar-refractivity contribution is 0.0976. The van der Waals surface area contributed by atoms with Gasteiger partial charge in [0.15, 0.2) is 0 Å². The van der Waals surface area contributed by atoms with Crippen LogP contribution < -0.4 is 10.1 Å². The first-order chi connectivity index (χ1) is 10.2. The van der Waals surface area contributed by atoms with E-state index in [2.05, 4.69) is 29.6 Å². The molecule has 2 N–H and O–H groups in total. The molecule has 0 spiro atoms. The summed E-state index contributed by atoms with van der Waals surface area (Å²) in [5.41, 5.74) is 1.43. The van der Waals surface area contributed by atoms with Gasteiger partial charge in [-0.15, -0.1) is 0 Å². The highest BCUT2D eigenvalue weighted by Gasteiger charge is 2.30. The lowest BCUT2D eigenvalue weighted by atomic mass is 9.75. The molecule has 0 amide bonds. The third-order valence-corrected chi connectivity index (χ3v) is 5.18. The fourth-order valence-electron chi connectivity index (χ4n) is 3.71. The van der Waals surface area contributed by atoms with Crippen LogP contribution in [-0.2, 0) is 0 Å². The largest absolute Gasteiger partial charge is 0.497 e. The van der Waals surface area contributed by atoms with Crippen LogP contribution >= 0.6 is 0 Å². The van der Waals surface area contributed by atoms with Gasteiger partial charge in [-0.25, -0.2) is 0 Å². The maximum absolute atomic E-state index is 9.71. The van der Waals surface area contributed by atoms with Crippen molar-refractivity contribution in [2.24, 2.45) is 5.92 Å². The summed E-state index contributed by atoms with van der Waals surface area (Å²) < 4.78 is 5.20. The molecular weight excluding hydrogens is 262 g/mol. The second kappa shape index (κ2) is 6.80. The number of rotatable bonds is 5. The third kappa shape index (κ3) is 3.78. The molecule has 0 heterocycles. The van der Waals surface area contributed by atoms with E-state index in [0.29, 0.717) is 17.9 Å². The van der Waals surface area contributed by atoms with Crippen LogP contribution in [0.15, 0.2) is 24.3 Å². The minimum atomic E-state index is -0.0565. The van der Waals surface area contributed by atoms with E-state index in [-0.39, 0.29) is 6.10 Å². The van der Waals surface area contributed by atoms with Crippen LogP contribution in [0.4, 0.5) is 0 Å². The minimum absolute atomic E-state index is 0.0565. The first-order valence-corrected chi connectivity index (χ1v) is 8.30. The molecule has 2 aliphatic rings. The Labute approximate surface area is 127 Å². The zero-order valence-electron chi connectivity index (χ0n) is 12.9. The molecular formula is C18H27NO2. The Balaban J connectivity index is 1.39. The topological polar surface area (TPSA) is 41.5 Å². The van der Waals surface area contributed by atoms with Gasteiger partial charge in [-0.3, -0.25) is 0 Å². The molecule has 3 rings (SSSR count). The lowest BCUT2D eigenvalue weighted by Gasteiger charge is -2.38. The summed E-state index contributed by atoms with van der Waals surface area (Å²) in [6.07, 6.45) is 6.87. The second-order valence-corrected chi connectivity index (χ2v) is 6.73. The Morgan fingerprint density at radius 2 is 1.90 bits per heavy atom. The average Bonchev–Trinajstić information content (AvgIpc) is 2.46. The van der Waals surface area contributed by atoms with E-state index in [4.69, 9.17) is 4.74 Å². The molecule has 3 nitrogen and oxygen atoms in total. The summed E-state index contributed by atoms with van der Waals surface area (Å²) in [6.45, 7) is 1.08. The van der Waals surface area contributed by atoms with Crippen molar-refractivity contribution < 1.29 is 9.84 Å². The van der Waals surface area contributed by atoms with Gasteiger partial charge in [0, 0.05) is 6.04 Å². The zero-order chi connectivity index (χ0) is 14.7. The molecule has 2 atom stereocenters. The molecule has 21 heavy (non-hydrogen) atoms. The number of nitrogens with one attached hydrogen (secondary N) is 1. The number of aliphatic hydroxyl groups excluding tert-OH is 1. The van der Waals surface area contributed by atoms with E-state index < -0.39 is 0 Å². The molecule has 2 unspecified atom stereocenters. The summed E-state index contributed by atoms with van der Waals surface area (Å²) in [4.78, 5) is 0. The first kappa shape index (κ1) is 14.9. The van der Waals surface area contributed by atoms with E-state index in [1.807, 2.05) is 0 Å². The van der Waals surface area contributed by atoms with Crippen LogP contribution in [0.25, 0.3) is 0 Å². The molecule has 0 aliphatic heterocycles. The van der Waals surface area contributed by atoms with Crippen molar-refractivity contribution in [1.82, 2.24) is 5.32 Å². The molecule has 0 aromatic heterocycles. The normalized spacial score (nSPS) is 32.5. The quantitative estimate of drug-likeness (QED) is 0.875. The summed E-state index contributed by atoms with van der Waals surface area (Å²) in [7, 11) is 1.71. The van der Waals surface area contributed by atoms with Crippen molar-refractivity contribution >= 4 is 0 Å². The van der Waals surface area contributed by atoms with Crippen molar-refractivity contribution in [3.63, 3.8) is 0 Å². The van der Waals surface area contributed by atoms with Crippen LogP contribution in [0, 0.1) is 5.92 Å². The molecule has 116 valence electrons. The number of aliphatic hydroxyl groups is 1. The van der Waals surface area contributed by atoms with Crippen LogP contribution in [0.5, 0.6) is 5.75 Å². The number of benzene rings is 1. The van der Waals surface area contributed by atoms with Gasteiger partial charge in [-0.1, -0.05) is 18.6 Å². The van der Waals surface area contributed by atoms with Crippen LogP contribution in [-0.4, -0.2) is 30.9 Å². The van der Waals surface area contributed by atoms with Gasteiger partial charge in [0.2, 0.25) is 0 Å². The Morgan fingerprint density at radius 3 is 2.57 bits per heavy atom. The van der Waals surface area contributed by atoms with Gasteiger partial charge in [-0.2, -0.15) is 0 Å². The van der Waals surface area contributed by atoms with Crippen LogP contribution in [0.2, 0.25) is 0 Å². The van der Waals surface area contributed by atoms with Gasteiger partial charge in [0.05, 0.1) is 13.2 Å². The predicted octanol–water partition coefficient (Wildman–Crippen LogP) is 3.08. The highest BCUT2D eigenvalue weighted by molar-refractivity contribution is 5.30. The fourth-order valence-corrected chi connectivity index (χ4v) is 3.71. The maximum Gasteiger partial charge on any atom is 0.118 e. The van der Waals surface area contributed by atoms with E-state index in [1.54, 1.807) is 7.11 Å². The molecule has 1 aromatic carbocycles. The Bertz CT molecular complexity index is 439. The molecule has 2 fully saturated rings. The van der Waals surface area contributed by atoms with Gasteiger partial charge in [-0.05, 0) is 68.2 Å².